The van der Waals surface area contributed by atoms with Crippen molar-refractivity contribution in [2.24, 2.45) is 0 Å². The molecule has 1 aliphatic carbocycles. The fraction of sp³-hybridized carbons (Fsp3) is 0.148. The maximum atomic E-state index is 13.0. The minimum Gasteiger partial charge on any atom is -0.508 e. The fourth-order valence-corrected chi connectivity index (χ4v) is 4.46. The van der Waals surface area contributed by atoms with E-state index in [1.54, 1.807) is 53.4 Å². The lowest BCUT2D eigenvalue weighted by Gasteiger charge is -2.29. The Labute approximate surface area is 196 Å². The second kappa shape index (κ2) is 8.86. The Morgan fingerprint density at radius 2 is 1.68 bits per heavy atom. The maximum Gasteiger partial charge on any atom is 0.240 e. The molecule has 0 saturated heterocycles. The van der Waals surface area contributed by atoms with Crippen LogP contribution < -0.4 is 15.5 Å². The van der Waals surface area contributed by atoms with Gasteiger partial charge in [-0.05, 0) is 48.7 Å². The molecule has 34 heavy (non-hydrogen) atoms. The van der Waals surface area contributed by atoms with Crippen LogP contribution in [-0.2, 0) is 27.2 Å². The molecule has 1 heterocycles. The summed E-state index contributed by atoms with van der Waals surface area (Å²) in [5.74, 6) is -0.805. The first-order valence-corrected chi connectivity index (χ1v) is 11.1. The van der Waals surface area contributed by atoms with E-state index >= 15 is 0 Å². The van der Waals surface area contributed by atoms with Crippen LogP contribution in [-0.4, -0.2) is 22.8 Å². The van der Waals surface area contributed by atoms with Crippen LogP contribution in [0.4, 0.5) is 11.4 Å². The minimum absolute atomic E-state index is 0.0441. The highest BCUT2D eigenvalue weighted by Gasteiger charge is 2.32. The first-order valence-electron chi connectivity index (χ1n) is 11.1. The lowest BCUT2D eigenvalue weighted by molar-refractivity contribution is -0.126. The second-order valence-corrected chi connectivity index (χ2v) is 8.33. The monoisotopic (exact) mass is 453 g/mol. The molecule has 2 aliphatic rings. The van der Waals surface area contributed by atoms with Gasteiger partial charge >= 0.3 is 0 Å². The standard InChI is InChI=1S/C27H23N3O4/c31-23-8-4-2-6-18(23)15-24(32)28-19-10-12-20(13-11-19)30-22-14-9-17-5-1-3-7-21(17)27(22)29-25(33)16-26(30)34/h1-8,10-13,31H,9,14-16H2,(H,28,32)(H,29,33). The molecular formula is C27H23N3O4. The molecular weight excluding hydrogens is 430 g/mol. The van der Waals surface area contributed by atoms with Gasteiger partial charge in [0.05, 0.1) is 17.8 Å². The molecule has 7 nitrogen and oxygen atoms in total. The zero-order valence-electron chi connectivity index (χ0n) is 18.4. The van der Waals surface area contributed by atoms with E-state index in [1.165, 1.54) is 0 Å². The average molecular weight is 453 g/mol. The van der Waals surface area contributed by atoms with E-state index in [-0.39, 0.29) is 36.3 Å². The molecule has 170 valence electrons. The van der Waals surface area contributed by atoms with Crippen LogP contribution in [0.3, 0.4) is 0 Å². The molecule has 0 radical (unpaired) electrons. The average Bonchev–Trinajstić information content (AvgIpc) is 2.95. The highest BCUT2D eigenvalue weighted by atomic mass is 16.3. The van der Waals surface area contributed by atoms with Crippen molar-refractivity contribution in [1.82, 2.24) is 5.32 Å². The summed E-state index contributed by atoms with van der Waals surface area (Å²) >= 11 is 0. The summed E-state index contributed by atoms with van der Waals surface area (Å²) in [5.41, 5.74) is 5.27. The molecule has 0 bridgehead atoms. The number of allylic oxidation sites excluding steroid dienone is 1. The SMILES string of the molecule is O=C1CC(=O)N(c2ccc(NC(=O)Cc3ccccc3O)cc2)C2=C(N1)c1ccccc1CC2. The highest BCUT2D eigenvalue weighted by Crippen LogP contribution is 2.36. The summed E-state index contributed by atoms with van der Waals surface area (Å²) in [5, 5.41) is 15.6. The molecule has 3 amide bonds. The molecule has 7 heteroatoms. The van der Waals surface area contributed by atoms with Gasteiger partial charge in [-0.2, -0.15) is 0 Å². The van der Waals surface area contributed by atoms with Crippen LogP contribution >= 0.6 is 0 Å². The summed E-state index contributed by atoms with van der Waals surface area (Å²) in [6, 6.07) is 21.6. The van der Waals surface area contributed by atoms with Crippen molar-refractivity contribution in [3.63, 3.8) is 0 Å². The predicted molar refractivity (Wildman–Crippen MR) is 129 cm³/mol. The van der Waals surface area contributed by atoms with E-state index in [0.29, 0.717) is 29.1 Å². The van der Waals surface area contributed by atoms with Crippen LogP contribution in [0, 0.1) is 0 Å². The van der Waals surface area contributed by atoms with Crippen molar-refractivity contribution in [2.45, 2.75) is 25.7 Å². The lowest BCUT2D eigenvalue weighted by atomic mass is 9.91. The molecule has 0 spiro atoms. The lowest BCUT2D eigenvalue weighted by Crippen LogP contribution is -2.31. The van der Waals surface area contributed by atoms with Crippen molar-refractivity contribution in [2.75, 3.05) is 10.2 Å². The molecule has 1 aliphatic heterocycles. The third-order valence-corrected chi connectivity index (χ3v) is 6.05. The topological polar surface area (TPSA) is 98.7 Å². The third kappa shape index (κ3) is 4.15. The molecule has 5 rings (SSSR count). The van der Waals surface area contributed by atoms with Crippen molar-refractivity contribution in [3.05, 3.63) is 95.2 Å². The Kier molecular flexibility index (Phi) is 5.59. The van der Waals surface area contributed by atoms with Gasteiger partial charge in [-0.1, -0.05) is 42.5 Å². The molecule has 3 aromatic carbocycles. The minimum atomic E-state index is -0.329. The molecule has 3 aromatic rings. The summed E-state index contributed by atoms with van der Waals surface area (Å²) in [6.45, 7) is 0. The summed E-state index contributed by atoms with van der Waals surface area (Å²) in [6.07, 6.45) is 1.20. The molecule has 0 atom stereocenters. The van der Waals surface area contributed by atoms with Crippen LogP contribution in [0.5, 0.6) is 5.75 Å². The number of hydrogen-bond acceptors (Lipinski definition) is 4. The van der Waals surface area contributed by atoms with Gasteiger partial charge in [0.1, 0.15) is 12.2 Å². The van der Waals surface area contributed by atoms with E-state index in [4.69, 9.17) is 0 Å². The number of nitrogens with zero attached hydrogens (tertiary/aromatic N) is 1. The van der Waals surface area contributed by atoms with Crippen molar-refractivity contribution in [3.8, 4) is 5.75 Å². The largest absolute Gasteiger partial charge is 0.508 e. The van der Waals surface area contributed by atoms with Crippen LogP contribution in [0.25, 0.3) is 5.70 Å². The number of phenolic OH excluding ortho intramolecular Hbond substituents is 1. The number of aryl methyl sites for hydroxylation is 1. The number of benzene rings is 3. The van der Waals surface area contributed by atoms with E-state index in [0.717, 1.165) is 23.2 Å². The highest BCUT2D eigenvalue weighted by molar-refractivity contribution is 6.12. The van der Waals surface area contributed by atoms with Gasteiger partial charge in [0, 0.05) is 22.5 Å². The van der Waals surface area contributed by atoms with Crippen LogP contribution in [0.2, 0.25) is 0 Å². The van der Waals surface area contributed by atoms with Gasteiger partial charge in [0.25, 0.3) is 0 Å². The number of hydrogen-bond donors (Lipinski definition) is 3. The van der Waals surface area contributed by atoms with Gasteiger partial charge in [0.2, 0.25) is 17.7 Å². The predicted octanol–water partition coefficient (Wildman–Crippen LogP) is 3.74. The summed E-state index contributed by atoms with van der Waals surface area (Å²) in [7, 11) is 0. The number of phenols is 1. The van der Waals surface area contributed by atoms with Gasteiger partial charge < -0.3 is 15.7 Å². The normalized spacial score (nSPS) is 15.2. The molecule has 0 unspecified atom stereocenters. The van der Waals surface area contributed by atoms with E-state index in [1.807, 2.05) is 24.3 Å². The Hall–Kier alpha value is -4.39. The second-order valence-electron chi connectivity index (χ2n) is 8.33. The summed E-state index contributed by atoms with van der Waals surface area (Å²) in [4.78, 5) is 39.5. The van der Waals surface area contributed by atoms with E-state index in [9.17, 15) is 19.5 Å². The molecule has 0 fully saturated rings. The third-order valence-electron chi connectivity index (χ3n) is 6.05. The van der Waals surface area contributed by atoms with Crippen molar-refractivity contribution < 1.29 is 19.5 Å². The van der Waals surface area contributed by atoms with Crippen molar-refractivity contribution >= 4 is 34.8 Å². The fourth-order valence-electron chi connectivity index (χ4n) is 4.46. The number of carbonyl (C=O) groups is 3. The van der Waals surface area contributed by atoms with Gasteiger partial charge in [0.15, 0.2) is 0 Å². The van der Waals surface area contributed by atoms with Crippen LogP contribution in [0.1, 0.15) is 29.5 Å². The number of carbonyl (C=O) groups excluding carboxylic acids is 3. The van der Waals surface area contributed by atoms with Gasteiger partial charge in [-0.3, -0.25) is 19.3 Å². The number of rotatable bonds is 4. The number of fused-ring (bicyclic) bond motifs is 2. The Morgan fingerprint density at radius 3 is 2.47 bits per heavy atom. The first kappa shape index (κ1) is 21.5. The zero-order valence-corrected chi connectivity index (χ0v) is 18.4. The number of anilines is 2. The van der Waals surface area contributed by atoms with Crippen LogP contribution in [0.15, 0.2) is 78.5 Å². The smallest absolute Gasteiger partial charge is 0.240 e. The Bertz CT molecular complexity index is 1330. The number of nitrogens with one attached hydrogen (secondary N) is 2. The number of para-hydroxylation sites is 1. The van der Waals surface area contributed by atoms with E-state index in [2.05, 4.69) is 10.6 Å². The van der Waals surface area contributed by atoms with Crippen molar-refractivity contribution in [1.29, 1.82) is 0 Å². The van der Waals surface area contributed by atoms with Gasteiger partial charge in [-0.15, -0.1) is 0 Å². The Balaban J connectivity index is 1.40. The zero-order chi connectivity index (χ0) is 23.7. The Morgan fingerprint density at radius 1 is 0.941 bits per heavy atom. The molecule has 0 saturated carbocycles. The molecule has 0 aromatic heterocycles. The quantitative estimate of drug-likeness (QED) is 0.524. The first-order chi connectivity index (χ1) is 16.5. The van der Waals surface area contributed by atoms with Gasteiger partial charge in [-0.25, -0.2) is 0 Å². The number of amides is 3. The number of aromatic hydroxyl groups is 1. The molecule has 3 N–H and O–H groups in total. The maximum absolute atomic E-state index is 13.0. The van der Waals surface area contributed by atoms with E-state index < -0.39 is 0 Å². The summed E-state index contributed by atoms with van der Waals surface area (Å²) < 4.78 is 0.